The normalized spacial score (nSPS) is 10.8. The van der Waals surface area contributed by atoms with Crippen LogP contribution in [0.5, 0.6) is 5.75 Å². The van der Waals surface area contributed by atoms with Crippen LogP contribution in [0.3, 0.4) is 0 Å². The number of carbonyl (C=O) groups excluding carboxylic acids is 1. The number of nitrogens with zero attached hydrogens (tertiary/aromatic N) is 3. The Balaban J connectivity index is 0.00000220. The van der Waals surface area contributed by atoms with E-state index in [2.05, 4.69) is 15.4 Å². The first-order valence-corrected chi connectivity index (χ1v) is 6.27. The molecule has 22 heavy (non-hydrogen) atoms. The highest BCUT2D eigenvalue weighted by atomic mass is 35.5. The number of benzene rings is 1. The van der Waals surface area contributed by atoms with Gasteiger partial charge in [-0.2, -0.15) is 5.10 Å². The summed E-state index contributed by atoms with van der Waals surface area (Å²) in [6.45, 7) is 2.71. The van der Waals surface area contributed by atoms with Gasteiger partial charge in [0.15, 0.2) is 0 Å². The molecule has 1 unspecified atom stereocenters. The number of rotatable bonds is 6. The van der Waals surface area contributed by atoms with Gasteiger partial charge in [0.1, 0.15) is 25.0 Å². The molecule has 2 aromatic rings. The van der Waals surface area contributed by atoms with Crippen LogP contribution in [0.2, 0.25) is 0 Å². The van der Waals surface area contributed by atoms with E-state index in [1.807, 2.05) is 12.1 Å². The zero-order valence-corrected chi connectivity index (χ0v) is 13.6. The molecule has 0 fully saturated rings. The number of aromatic nitrogens is 3. The molecule has 0 bridgehead atoms. The van der Waals surface area contributed by atoms with Crippen LogP contribution in [-0.4, -0.2) is 33.3 Å². The van der Waals surface area contributed by atoms with Crippen molar-refractivity contribution in [1.82, 2.24) is 14.8 Å². The summed E-state index contributed by atoms with van der Waals surface area (Å²) in [5.74, 6) is 0.442. The first-order chi connectivity index (χ1) is 9.65. The van der Waals surface area contributed by atoms with Crippen LogP contribution in [0.15, 0.2) is 36.9 Å². The Bertz CT molecular complexity index is 563. The van der Waals surface area contributed by atoms with Crippen molar-refractivity contribution in [2.24, 2.45) is 5.73 Å². The van der Waals surface area contributed by atoms with Crippen molar-refractivity contribution >= 4 is 36.4 Å². The van der Waals surface area contributed by atoms with Crippen molar-refractivity contribution in [3.63, 3.8) is 0 Å². The van der Waals surface area contributed by atoms with Gasteiger partial charge in [0.05, 0.1) is 12.6 Å². The van der Waals surface area contributed by atoms with Crippen LogP contribution in [-0.2, 0) is 11.3 Å². The second-order valence-electron chi connectivity index (χ2n) is 4.31. The number of ether oxygens (including phenoxy) is 1. The lowest BCUT2D eigenvalue weighted by Crippen LogP contribution is -2.32. The number of hydrogen-bond donors (Lipinski definition) is 2. The van der Waals surface area contributed by atoms with Crippen molar-refractivity contribution in [1.29, 1.82) is 0 Å². The second kappa shape index (κ2) is 9.99. The van der Waals surface area contributed by atoms with E-state index in [1.54, 1.807) is 30.1 Å². The van der Waals surface area contributed by atoms with Crippen LogP contribution < -0.4 is 15.8 Å². The fourth-order valence-electron chi connectivity index (χ4n) is 1.52. The van der Waals surface area contributed by atoms with Crippen LogP contribution in [0.25, 0.3) is 0 Å². The van der Waals surface area contributed by atoms with Gasteiger partial charge in [-0.05, 0) is 19.1 Å². The monoisotopic (exact) mass is 347 g/mol. The largest absolute Gasteiger partial charge is 0.492 e. The van der Waals surface area contributed by atoms with Gasteiger partial charge in [0.25, 0.3) is 0 Å². The van der Waals surface area contributed by atoms with Crippen LogP contribution >= 0.6 is 24.8 Å². The second-order valence-corrected chi connectivity index (χ2v) is 4.31. The maximum atomic E-state index is 11.5. The van der Waals surface area contributed by atoms with Gasteiger partial charge in [-0.1, -0.05) is 6.07 Å². The molecule has 1 atom stereocenters. The summed E-state index contributed by atoms with van der Waals surface area (Å²) in [4.78, 5) is 15.3. The molecule has 0 saturated carbocycles. The minimum atomic E-state index is -0.549. The summed E-state index contributed by atoms with van der Waals surface area (Å²) < 4.78 is 7.27. The van der Waals surface area contributed by atoms with Crippen molar-refractivity contribution < 1.29 is 9.53 Å². The van der Waals surface area contributed by atoms with E-state index in [9.17, 15) is 4.79 Å². The third kappa shape index (κ3) is 6.30. The molecule has 0 saturated heterocycles. The molecule has 1 heterocycles. The fourth-order valence-corrected chi connectivity index (χ4v) is 1.52. The lowest BCUT2D eigenvalue weighted by Gasteiger charge is -2.10. The summed E-state index contributed by atoms with van der Waals surface area (Å²) >= 11 is 0. The number of halogens is 2. The van der Waals surface area contributed by atoms with E-state index in [-0.39, 0.29) is 30.7 Å². The number of anilines is 1. The lowest BCUT2D eigenvalue weighted by atomic mass is 10.2. The average molecular weight is 348 g/mol. The van der Waals surface area contributed by atoms with E-state index < -0.39 is 6.04 Å². The smallest absolute Gasteiger partial charge is 0.241 e. The zero-order chi connectivity index (χ0) is 14.4. The van der Waals surface area contributed by atoms with Crippen LogP contribution in [0, 0.1) is 0 Å². The molecule has 0 aliphatic carbocycles. The fraction of sp³-hybridized carbons (Fsp3) is 0.308. The first-order valence-electron chi connectivity index (χ1n) is 6.27. The molecule has 9 heteroatoms. The van der Waals surface area contributed by atoms with Gasteiger partial charge < -0.3 is 15.8 Å². The van der Waals surface area contributed by atoms with E-state index in [0.717, 1.165) is 0 Å². The van der Waals surface area contributed by atoms with Gasteiger partial charge in [-0.3, -0.25) is 4.79 Å². The van der Waals surface area contributed by atoms with Gasteiger partial charge in [-0.25, -0.2) is 9.67 Å². The van der Waals surface area contributed by atoms with E-state index in [4.69, 9.17) is 10.5 Å². The van der Waals surface area contributed by atoms with Gasteiger partial charge in [0.2, 0.25) is 5.91 Å². The zero-order valence-electron chi connectivity index (χ0n) is 12.0. The summed E-state index contributed by atoms with van der Waals surface area (Å²) in [7, 11) is 0. The molecular formula is C13H19Cl2N5O2. The topological polar surface area (TPSA) is 95.1 Å². The van der Waals surface area contributed by atoms with Gasteiger partial charge >= 0.3 is 0 Å². The highest BCUT2D eigenvalue weighted by molar-refractivity contribution is 5.94. The van der Waals surface area contributed by atoms with Crippen molar-refractivity contribution in [3.8, 4) is 5.75 Å². The molecule has 0 aliphatic heterocycles. The van der Waals surface area contributed by atoms with E-state index in [0.29, 0.717) is 24.6 Å². The Morgan fingerprint density at radius 1 is 1.45 bits per heavy atom. The van der Waals surface area contributed by atoms with Gasteiger partial charge in [-0.15, -0.1) is 24.8 Å². The van der Waals surface area contributed by atoms with Crippen molar-refractivity contribution in [2.75, 3.05) is 11.9 Å². The molecule has 0 spiro atoms. The Labute approximate surface area is 141 Å². The lowest BCUT2D eigenvalue weighted by molar-refractivity contribution is -0.117. The molecule has 7 nitrogen and oxygen atoms in total. The predicted molar refractivity (Wildman–Crippen MR) is 88.7 cm³/mol. The summed E-state index contributed by atoms with van der Waals surface area (Å²) in [5.41, 5.74) is 6.16. The third-order valence-electron chi connectivity index (χ3n) is 2.57. The van der Waals surface area contributed by atoms with Crippen molar-refractivity contribution in [3.05, 3.63) is 36.9 Å². The number of amides is 1. The molecule has 0 aliphatic rings. The predicted octanol–water partition coefficient (Wildman–Crippen LogP) is 1.49. The maximum absolute atomic E-state index is 11.5. The van der Waals surface area contributed by atoms with E-state index >= 15 is 0 Å². The maximum Gasteiger partial charge on any atom is 0.241 e. The Kier molecular flexibility index (Phi) is 9.16. The first kappa shape index (κ1) is 20.2. The van der Waals surface area contributed by atoms with Gasteiger partial charge in [0, 0.05) is 11.8 Å². The molecule has 3 N–H and O–H groups in total. The number of carbonyl (C=O) groups is 1. The summed E-state index contributed by atoms with van der Waals surface area (Å²) in [5, 5.41) is 6.69. The van der Waals surface area contributed by atoms with Crippen LogP contribution in [0.1, 0.15) is 6.92 Å². The molecular weight excluding hydrogens is 329 g/mol. The highest BCUT2D eigenvalue weighted by Gasteiger charge is 2.07. The quantitative estimate of drug-likeness (QED) is 0.825. The third-order valence-corrected chi connectivity index (χ3v) is 2.57. The molecule has 122 valence electrons. The molecule has 2 rings (SSSR count). The Hall–Kier alpha value is -1.83. The average Bonchev–Trinajstić information content (AvgIpc) is 2.92. The minimum Gasteiger partial charge on any atom is -0.492 e. The number of nitrogens with two attached hydrogens (primary N) is 1. The molecule has 1 aromatic heterocycles. The molecule has 1 aromatic carbocycles. The van der Waals surface area contributed by atoms with E-state index in [1.165, 1.54) is 6.33 Å². The Morgan fingerprint density at radius 3 is 2.86 bits per heavy atom. The highest BCUT2D eigenvalue weighted by Crippen LogP contribution is 2.17. The number of nitrogens with one attached hydrogen (secondary N) is 1. The SMILES string of the molecule is CC(N)C(=O)Nc1cccc(OCCn2cncn2)c1.Cl.Cl. The summed E-state index contributed by atoms with van der Waals surface area (Å²) in [6.07, 6.45) is 3.10. The Morgan fingerprint density at radius 2 is 2.23 bits per heavy atom. The van der Waals surface area contributed by atoms with Crippen LogP contribution in [0.4, 0.5) is 5.69 Å². The molecule has 0 radical (unpaired) electrons. The standard InChI is InChI=1S/C13H17N5O2.2ClH/c1-10(14)13(19)17-11-3-2-4-12(7-11)20-6-5-18-9-15-8-16-18;;/h2-4,7-10H,5-6,14H2,1H3,(H,17,19);2*1H. The number of hydrogen-bond acceptors (Lipinski definition) is 5. The van der Waals surface area contributed by atoms with Crippen molar-refractivity contribution in [2.45, 2.75) is 19.5 Å². The summed E-state index contributed by atoms with van der Waals surface area (Å²) in [6, 6.07) is 6.61. The minimum absolute atomic E-state index is 0. The molecule has 1 amide bonds.